The molecule has 0 aliphatic carbocycles. The van der Waals surface area contributed by atoms with E-state index in [-0.39, 0.29) is 0 Å². The molecule has 2 rings (SSSR count). The summed E-state index contributed by atoms with van der Waals surface area (Å²) in [6, 6.07) is 12.0. The number of aryl methyl sites for hydroxylation is 1. The fourth-order valence-corrected chi connectivity index (χ4v) is 2.50. The van der Waals surface area contributed by atoms with Gasteiger partial charge in [-0.25, -0.2) is 0 Å². The maximum Gasteiger partial charge on any atom is 0.193 e. The first-order valence-electron chi connectivity index (χ1n) is 7.67. The molecule has 1 aromatic carbocycles. The summed E-state index contributed by atoms with van der Waals surface area (Å²) in [5, 5.41) is 4.16. The zero-order valence-corrected chi connectivity index (χ0v) is 14.6. The summed E-state index contributed by atoms with van der Waals surface area (Å²) < 4.78 is 0. The molecule has 1 N–H and O–H groups in total. The third-order valence-electron chi connectivity index (χ3n) is 3.61. The van der Waals surface area contributed by atoms with Crippen LogP contribution in [0.15, 0.2) is 47.6 Å². The molecule has 5 heteroatoms. The number of guanidine groups is 1. The molecule has 0 radical (unpaired) electrons. The molecule has 1 aromatic heterocycles. The molecular weight excluding hydrogens is 308 g/mol. The van der Waals surface area contributed by atoms with Gasteiger partial charge in [-0.15, -0.1) is 0 Å². The molecule has 122 valence electrons. The Labute approximate surface area is 143 Å². The van der Waals surface area contributed by atoms with Crippen molar-refractivity contribution in [3.8, 4) is 0 Å². The van der Waals surface area contributed by atoms with E-state index >= 15 is 0 Å². The molecule has 0 aliphatic rings. The second kappa shape index (κ2) is 8.53. The van der Waals surface area contributed by atoms with Crippen molar-refractivity contribution in [3.63, 3.8) is 0 Å². The van der Waals surface area contributed by atoms with Crippen molar-refractivity contribution in [1.29, 1.82) is 0 Å². The van der Waals surface area contributed by atoms with E-state index in [0.717, 1.165) is 35.2 Å². The summed E-state index contributed by atoms with van der Waals surface area (Å²) >= 11 is 6.22. The lowest BCUT2D eigenvalue weighted by Crippen LogP contribution is -2.39. The molecule has 0 bridgehead atoms. The molecule has 0 aliphatic heterocycles. The zero-order chi connectivity index (χ0) is 16.7. The van der Waals surface area contributed by atoms with Crippen molar-refractivity contribution in [3.05, 3.63) is 64.4 Å². The van der Waals surface area contributed by atoms with Gasteiger partial charge in [0.15, 0.2) is 5.96 Å². The van der Waals surface area contributed by atoms with Gasteiger partial charge in [0.05, 0.1) is 0 Å². The number of hydrogen-bond acceptors (Lipinski definition) is 2. The number of benzene rings is 1. The van der Waals surface area contributed by atoms with Gasteiger partial charge in [0.2, 0.25) is 0 Å². The first-order valence-corrected chi connectivity index (χ1v) is 8.04. The quantitative estimate of drug-likeness (QED) is 0.675. The molecule has 4 nitrogen and oxygen atoms in total. The third kappa shape index (κ3) is 5.25. The minimum Gasteiger partial charge on any atom is -0.356 e. The second-order valence-electron chi connectivity index (χ2n) is 5.48. The summed E-state index contributed by atoms with van der Waals surface area (Å²) in [5.41, 5.74) is 3.34. The van der Waals surface area contributed by atoms with Crippen molar-refractivity contribution in [2.75, 3.05) is 20.6 Å². The SMILES string of the molecule is CN=C(NCCc1ccc(C)nc1)N(C)Cc1ccccc1Cl. The van der Waals surface area contributed by atoms with Crippen LogP contribution in [0.2, 0.25) is 5.02 Å². The topological polar surface area (TPSA) is 40.5 Å². The van der Waals surface area contributed by atoms with E-state index in [1.165, 1.54) is 5.56 Å². The van der Waals surface area contributed by atoms with Gasteiger partial charge in [0, 0.05) is 44.1 Å². The fourth-order valence-electron chi connectivity index (χ4n) is 2.31. The second-order valence-corrected chi connectivity index (χ2v) is 5.89. The highest BCUT2D eigenvalue weighted by Crippen LogP contribution is 2.16. The lowest BCUT2D eigenvalue weighted by Gasteiger charge is -2.22. The van der Waals surface area contributed by atoms with Gasteiger partial charge in [-0.05, 0) is 36.6 Å². The van der Waals surface area contributed by atoms with E-state index in [1.807, 2.05) is 50.5 Å². The van der Waals surface area contributed by atoms with Gasteiger partial charge in [0.1, 0.15) is 0 Å². The Kier molecular flexibility index (Phi) is 6.41. The molecule has 0 unspecified atom stereocenters. The molecule has 23 heavy (non-hydrogen) atoms. The van der Waals surface area contributed by atoms with E-state index < -0.39 is 0 Å². The maximum atomic E-state index is 6.22. The average Bonchev–Trinajstić information content (AvgIpc) is 2.55. The molecule has 2 aromatic rings. The fraction of sp³-hybridized carbons (Fsp3) is 0.333. The predicted molar refractivity (Wildman–Crippen MR) is 97.0 cm³/mol. The summed E-state index contributed by atoms with van der Waals surface area (Å²) in [5.74, 6) is 0.852. The van der Waals surface area contributed by atoms with Crippen molar-refractivity contribution in [1.82, 2.24) is 15.2 Å². The molecule has 1 heterocycles. The Morgan fingerprint density at radius 2 is 2.04 bits per heavy atom. The molecule has 0 saturated carbocycles. The van der Waals surface area contributed by atoms with Crippen molar-refractivity contribution in [2.45, 2.75) is 19.9 Å². The van der Waals surface area contributed by atoms with Gasteiger partial charge >= 0.3 is 0 Å². The Hall–Kier alpha value is -2.07. The highest BCUT2D eigenvalue weighted by atomic mass is 35.5. The lowest BCUT2D eigenvalue weighted by molar-refractivity contribution is 0.477. The zero-order valence-electron chi connectivity index (χ0n) is 13.9. The van der Waals surface area contributed by atoms with Gasteiger partial charge in [-0.1, -0.05) is 35.9 Å². The number of nitrogens with one attached hydrogen (secondary N) is 1. The van der Waals surface area contributed by atoms with Crippen LogP contribution < -0.4 is 5.32 Å². The minimum atomic E-state index is 0.714. The highest BCUT2D eigenvalue weighted by molar-refractivity contribution is 6.31. The van der Waals surface area contributed by atoms with E-state index in [9.17, 15) is 0 Å². The molecule has 0 fully saturated rings. The van der Waals surface area contributed by atoms with Crippen molar-refractivity contribution < 1.29 is 0 Å². The van der Waals surface area contributed by atoms with Crippen LogP contribution in [0, 0.1) is 6.92 Å². The van der Waals surface area contributed by atoms with Crippen LogP contribution in [0.3, 0.4) is 0 Å². The summed E-state index contributed by atoms with van der Waals surface area (Å²) in [4.78, 5) is 10.7. The number of nitrogens with zero attached hydrogens (tertiary/aromatic N) is 3. The Morgan fingerprint density at radius 1 is 1.26 bits per heavy atom. The Morgan fingerprint density at radius 3 is 2.70 bits per heavy atom. The van der Waals surface area contributed by atoms with E-state index in [2.05, 4.69) is 26.3 Å². The van der Waals surface area contributed by atoms with Gasteiger partial charge in [-0.3, -0.25) is 9.98 Å². The number of aliphatic imine (C=N–C) groups is 1. The summed E-state index contributed by atoms with van der Waals surface area (Å²) in [7, 11) is 3.80. The molecule has 0 saturated heterocycles. The van der Waals surface area contributed by atoms with Crippen molar-refractivity contribution in [2.24, 2.45) is 4.99 Å². The van der Waals surface area contributed by atoms with Crippen LogP contribution in [0.5, 0.6) is 0 Å². The molecule has 0 spiro atoms. The van der Waals surface area contributed by atoms with Gasteiger partial charge in [0.25, 0.3) is 0 Å². The van der Waals surface area contributed by atoms with E-state index in [0.29, 0.717) is 6.54 Å². The largest absolute Gasteiger partial charge is 0.356 e. The summed E-state index contributed by atoms with van der Waals surface area (Å²) in [6.45, 7) is 3.52. The first-order chi connectivity index (χ1) is 11.1. The molecular formula is C18H23ClN4. The normalized spacial score (nSPS) is 11.4. The number of halogens is 1. The van der Waals surface area contributed by atoms with Crippen LogP contribution in [0.4, 0.5) is 0 Å². The number of rotatable bonds is 5. The smallest absolute Gasteiger partial charge is 0.193 e. The van der Waals surface area contributed by atoms with Crippen LogP contribution in [-0.2, 0) is 13.0 Å². The lowest BCUT2D eigenvalue weighted by atomic mass is 10.2. The Balaban J connectivity index is 1.87. The number of hydrogen-bond donors (Lipinski definition) is 1. The summed E-state index contributed by atoms with van der Waals surface area (Å²) in [6.07, 6.45) is 2.83. The standard InChI is InChI=1S/C18H23ClN4/c1-14-8-9-15(12-22-14)10-11-21-18(20-2)23(3)13-16-6-4-5-7-17(16)19/h4-9,12H,10-11,13H2,1-3H3,(H,20,21). The highest BCUT2D eigenvalue weighted by Gasteiger charge is 2.08. The Bertz CT molecular complexity index is 652. The molecule has 0 atom stereocenters. The van der Waals surface area contributed by atoms with Gasteiger partial charge in [-0.2, -0.15) is 0 Å². The first kappa shape index (κ1) is 17.3. The number of pyridine rings is 1. The van der Waals surface area contributed by atoms with E-state index in [1.54, 1.807) is 7.05 Å². The molecule has 0 amide bonds. The third-order valence-corrected chi connectivity index (χ3v) is 3.98. The minimum absolute atomic E-state index is 0.714. The number of aromatic nitrogens is 1. The monoisotopic (exact) mass is 330 g/mol. The average molecular weight is 331 g/mol. The van der Waals surface area contributed by atoms with Crippen LogP contribution >= 0.6 is 11.6 Å². The van der Waals surface area contributed by atoms with Crippen LogP contribution in [-0.4, -0.2) is 36.5 Å². The van der Waals surface area contributed by atoms with Gasteiger partial charge < -0.3 is 10.2 Å². The van der Waals surface area contributed by atoms with Crippen molar-refractivity contribution >= 4 is 17.6 Å². The van der Waals surface area contributed by atoms with E-state index in [4.69, 9.17) is 11.6 Å². The maximum absolute atomic E-state index is 6.22. The van der Waals surface area contributed by atoms with Crippen LogP contribution in [0.1, 0.15) is 16.8 Å². The van der Waals surface area contributed by atoms with Crippen LogP contribution in [0.25, 0.3) is 0 Å². The predicted octanol–water partition coefficient (Wildman–Crippen LogP) is 3.29.